The van der Waals surface area contributed by atoms with Crippen LogP contribution < -0.4 is 0 Å². The van der Waals surface area contributed by atoms with Crippen LogP contribution in [0.3, 0.4) is 0 Å². The van der Waals surface area contributed by atoms with Gasteiger partial charge in [0, 0.05) is 25.4 Å². The molecule has 2 atom stereocenters. The van der Waals surface area contributed by atoms with Gasteiger partial charge in [-0.3, -0.25) is 4.99 Å². The summed E-state index contributed by atoms with van der Waals surface area (Å²) in [7, 11) is 4.11. The predicted octanol–water partition coefficient (Wildman–Crippen LogP) is 2.35. The molecule has 13 heavy (non-hydrogen) atoms. The monoisotopic (exact) mass is 198 g/mol. The van der Waals surface area contributed by atoms with E-state index in [1.54, 1.807) is 0 Å². The molecule has 0 amide bonds. The molecule has 3 heteroatoms. The molecule has 0 aromatic carbocycles. The molecule has 1 saturated heterocycles. The molecule has 1 heterocycles. The van der Waals surface area contributed by atoms with Gasteiger partial charge in [0.25, 0.3) is 0 Å². The summed E-state index contributed by atoms with van der Waals surface area (Å²) in [6.45, 7) is 0. The van der Waals surface area contributed by atoms with E-state index in [9.17, 15) is 0 Å². The minimum Gasteiger partial charge on any atom is -0.350 e. The Morgan fingerprint density at radius 2 is 2.08 bits per heavy atom. The molecule has 2 nitrogen and oxygen atoms in total. The highest BCUT2D eigenvalue weighted by Gasteiger charge is 2.36. The van der Waals surface area contributed by atoms with Gasteiger partial charge in [-0.1, -0.05) is 31.0 Å². The molecule has 2 rings (SSSR count). The Morgan fingerprint density at radius 1 is 1.31 bits per heavy atom. The number of aliphatic imine (C=N–C) groups is 1. The van der Waals surface area contributed by atoms with Crippen molar-refractivity contribution in [3.63, 3.8) is 0 Å². The minimum absolute atomic E-state index is 0.770. The second kappa shape index (κ2) is 3.91. The van der Waals surface area contributed by atoms with Crippen LogP contribution in [0.15, 0.2) is 4.99 Å². The Kier molecular flexibility index (Phi) is 2.82. The first-order valence-corrected chi connectivity index (χ1v) is 6.07. The molecular formula is C10H18N2S. The van der Waals surface area contributed by atoms with Gasteiger partial charge in [-0.2, -0.15) is 0 Å². The highest BCUT2D eigenvalue weighted by molar-refractivity contribution is 8.14. The van der Waals surface area contributed by atoms with E-state index >= 15 is 0 Å². The molecule has 0 aromatic heterocycles. The molecule has 1 saturated carbocycles. The van der Waals surface area contributed by atoms with Crippen LogP contribution in [0, 0.1) is 0 Å². The van der Waals surface area contributed by atoms with Crippen LogP contribution in [0.2, 0.25) is 0 Å². The van der Waals surface area contributed by atoms with Crippen molar-refractivity contribution in [3.8, 4) is 0 Å². The third kappa shape index (κ3) is 1.71. The van der Waals surface area contributed by atoms with E-state index in [-0.39, 0.29) is 0 Å². The Labute approximate surface area is 84.8 Å². The van der Waals surface area contributed by atoms with Crippen LogP contribution in [-0.2, 0) is 0 Å². The molecule has 0 bridgehead atoms. The van der Waals surface area contributed by atoms with Crippen molar-refractivity contribution in [1.82, 2.24) is 4.90 Å². The molecule has 2 unspecified atom stereocenters. The van der Waals surface area contributed by atoms with Gasteiger partial charge in [0.05, 0.1) is 0 Å². The number of hydrogen-bond donors (Lipinski definition) is 0. The number of nitrogens with zero attached hydrogens (tertiary/aromatic N) is 2. The van der Waals surface area contributed by atoms with E-state index in [0.29, 0.717) is 0 Å². The maximum atomic E-state index is 4.33. The maximum absolute atomic E-state index is 4.33. The van der Waals surface area contributed by atoms with Gasteiger partial charge in [-0.15, -0.1) is 0 Å². The molecule has 1 aliphatic carbocycles. The van der Waals surface area contributed by atoms with Gasteiger partial charge in [-0.05, 0) is 12.8 Å². The van der Waals surface area contributed by atoms with Crippen molar-refractivity contribution in [2.45, 2.75) is 43.4 Å². The summed E-state index contributed by atoms with van der Waals surface area (Å²) >= 11 is 1.99. The summed E-state index contributed by atoms with van der Waals surface area (Å²) < 4.78 is 0. The molecule has 0 radical (unpaired) electrons. The SMILES string of the molecule is CN=C1SC2CCCCCC2N1C. The van der Waals surface area contributed by atoms with Crippen LogP contribution in [-0.4, -0.2) is 35.5 Å². The van der Waals surface area contributed by atoms with Crippen LogP contribution in [0.1, 0.15) is 32.1 Å². The Hall–Kier alpha value is -0.180. The first-order valence-electron chi connectivity index (χ1n) is 5.19. The number of fused-ring (bicyclic) bond motifs is 1. The largest absolute Gasteiger partial charge is 0.350 e. The fourth-order valence-corrected chi connectivity index (χ4v) is 3.84. The topological polar surface area (TPSA) is 15.6 Å². The van der Waals surface area contributed by atoms with Gasteiger partial charge in [0.15, 0.2) is 5.17 Å². The first kappa shape index (κ1) is 9.38. The minimum atomic E-state index is 0.770. The zero-order valence-electron chi connectivity index (χ0n) is 8.49. The molecular weight excluding hydrogens is 180 g/mol. The quantitative estimate of drug-likeness (QED) is 0.594. The maximum Gasteiger partial charge on any atom is 0.159 e. The van der Waals surface area contributed by atoms with Crippen LogP contribution >= 0.6 is 11.8 Å². The van der Waals surface area contributed by atoms with Gasteiger partial charge < -0.3 is 4.90 Å². The standard InChI is InChI=1S/C10H18N2S/c1-11-10-12(2)8-6-4-3-5-7-9(8)13-10/h8-9H,3-7H2,1-2H3. The van der Waals surface area contributed by atoms with Crippen LogP contribution in [0.5, 0.6) is 0 Å². The van der Waals surface area contributed by atoms with Gasteiger partial charge in [0.1, 0.15) is 0 Å². The normalized spacial score (nSPS) is 37.7. The van der Waals surface area contributed by atoms with E-state index in [2.05, 4.69) is 16.9 Å². The third-order valence-electron chi connectivity index (χ3n) is 3.16. The van der Waals surface area contributed by atoms with Crippen molar-refractivity contribution >= 4 is 16.9 Å². The zero-order chi connectivity index (χ0) is 9.26. The van der Waals surface area contributed by atoms with Crippen molar-refractivity contribution in [2.75, 3.05) is 14.1 Å². The lowest BCUT2D eigenvalue weighted by Crippen LogP contribution is -2.32. The van der Waals surface area contributed by atoms with Gasteiger partial charge in [0.2, 0.25) is 0 Å². The highest BCUT2D eigenvalue weighted by Crippen LogP contribution is 2.38. The van der Waals surface area contributed by atoms with Gasteiger partial charge in [-0.25, -0.2) is 0 Å². The summed E-state index contributed by atoms with van der Waals surface area (Å²) in [5.74, 6) is 0. The molecule has 2 aliphatic rings. The Morgan fingerprint density at radius 3 is 2.85 bits per heavy atom. The van der Waals surface area contributed by atoms with Crippen LogP contribution in [0.4, 0.5) is 0 Å². The second-order valence-corrected chi connectivity index (χ2v) is 5.19. The Balaban J connectivity index is 2.11. The van der Waals surface area contributed by atoms with Crippen LogP contribution in [0.25, 0.3) is 0 Å². The smallest absolute Gasteiger partial charge is 0.159 e. The van der Waals surface area contributed by atoms with Crippen molar-refractivity contribution in [2.24, 2.45) is 4.99 Å². The van der Waals surface area contributed by atoms with E-state index in [0.717, 1.165) is 11.3 Å². The fraction of sp³-hybridized carbons (Fsp3) is 0.900. The van der Waals surface area contributed by atoms with Crippen molar-refractivity contribution in [1.29, 1.82) is 0 Å². The summed E-state index contributed by atoms with van der Waals surface area (Å²) in [6.07, 6.45) is 7.01. The lowest BCUT2D eigenvalue weighted by Gasteiger charge is -2.22. The number of rotatable bonds is 0. The molecule has 0 spiro atoms. The van der Waals surface area contributed by atoms with Crippen molar-refractivity contribution < 1.29 is 0 Å². The first-order chi connectivity index (χ1) is 6.33. The van der Waals surface area contributed by atoms with E-state index in [1.807, 2.05) is 18.8 Å². The number of thioether (sulfide) groups is 1. The average Bonchev–Trinajstić information content (AvgIpc) is 2.37. The average molecular weight is 198 g/mol. The van der Waals surface area contributed by atoms with E-state index in [4.69, 9.17) is 0 Å². The lowest BCUT2D eigenvalue weighted by atomic mass is 10.1. The summed E-state index contributed by atoms with van der Waals surface area (Å²) in [5.41, 5.74) is 0. The highest BCUT2D eigenvalue weighted by atomic mass is 32.2. The van der Waals surface area contributed by atoms with Crippen molar-refractivity contribution in [3.05, 3.63) is 0 Å². The van der Waals surface area contributed by atoms with E-state index < -0.39 is 0 Å². The summed E-state index contributed by atoms with van der Waals surface area (Å²) in [5, 5.41) is 2.07. The Bertz CT molecular complexity index is 215. The van der Waals surface area contributed by atoms with E-state index in [1.165, 1.54) is 37.3 Å². The number of hydrogen-bond acceptors (Lipinski definition) is 2. The number of amidine groups is 1. The lowest BCUT2D eigenvalue weighted by molar-refractivity contribution is 0.356. The third-order valence-corrected chi connectivity index (χ3v) is 4.70. The second-order valence-electron chi connectivity index (χ2n) is 3.98. The molecule has 0 aromatic rings. The summed E-state index contributed by atoms with van der Waals surface area (Å²) in [4.78, 5) is 6.72. The predicted molar refractivity (Wildman–Crippen MR) is 59.4 cm³/mol. The molecule has 0 N–H and O–H groups in total. The molecule has 1 aliphatic heterocycles. The van der Waals surface area contributed by atoms with Gasteiger partial charge >= 0.3 is 0 Å². The molecule has 2 fully saturated rings. The summed E-state index contributed by atoms with van der Waals surface area (Å²) in [6, 6.07) is 0.770. The zero-order valence-corrected chi connectivity index (χ0v) is 9.31. The molecule has 74 valence electrons. The fourth-order valence-electron chi connectivity index (χ4n) is 2.41.